The van der Waals surface area contributed by atoms with Crippen molar-refractivity contribution in [3.8, 4) is 22.7 Å². The lowest BCUT2D eigenvalue weighted by atomic mass is 9.90. The summed E-state index contributed by atoms with van der Waals surface area (Å²) in [5.41, 5.74) is 2.87. The summed E-state index contributed by atoms with van der Waals surface area (Å²) in [7, 11) is 0. The Bertz CT molecular complexity index is 767. The number of aromatic nitrogens is 1. The highest BCUT2D eigenvalue weighted by atomic mass is 79.9. The zero-order valence-electron chi connectivity index (χ0n) is 12.9. The van der Waals surface area contributed by atoms with Gasteiger partial charge in [0.2, 0.25) is 5.89 Å². The van der Waals surface area contributed by atoms with Gasteiger partial charge in [0.25, 0.3) is 0 Å². The number of hydrogen-bond acceptors (Lipinski definition) is 2. The molecule has 0 saturated carbocycles. The average molecular weight is 356 g/mol. The summed E-state index contributed by atoms with van der Waals surface area (Å²) in [5, 5.41) is 0. The molecule has 0 amide bonds. The van der Waals surface area contributed by atoms with Crippen LogP contribution in [0.5, 0.6) is 0 Å². The maximum Gasteiger partial charge on any atom is 0.226 e. The van der Waals surface area contributed by atoms with Gasteiger partial charge in [0.15, 0.2) is 0 Å². The average Bonchev–Trinajstić information content (AvgIpc) is 2.94. The standard InChI is InChI=1S/C19H18BrNO/c1-19(2,3)17-16(13-9-11-15(20)12-10-13)21-18(22-17)14-7-5-4-6-8-14/h4-12H,1-3H3. The summed E-state index contributed by atoms with van der Waals surface area (Å²) in [4.78, 5) is 4.76. The smallest absolute Gasteiger partial charge is 0.226 e. The molecule has 0 fully saturated rings. The van der Waals surface area contributed by atoms with E-state index in [1.165, 1.54) is 0 Å². The fourth-order valence-corrected chi connectivity index (χ4v) is 2.60. The summed E-state index contributed by atoms with van der Waals surface area (Å²) < 4.78 is 7.18. The molecule has 0 N–H and O–H groups in total. The van der Waals surface area contributed by atoms with Crippen LogP contribution < -0.4 is 0 Å². The molecule has 1 aromatic heterocycles. The summed E-state index contributed by atoms with van der Waals surface area (Å²) in [6.07, 6.45) is 0. The molecule has 112 valence electrons. The molecule has 0 aliphatic rings. The van der Waals surface area contributed by atoms with Crippen LogP contribution in [-0.4, -0.2) is 4.98 Å². The maximum absolute atomic E-state index is 6.13. The van der Waals surface area contributed by atoms with Crippen molar-refractivity contribution < 1.29 is 4.42 Å². The molecule has 1 heterocycles. The molecule has 0 aliphatic heterocycles. The van der Waals surface area contributed by atoms with Gasteiger partial charge < -0.3 is 4.42 Å². The van der Waals surface area contributed by atoms with Crippen LogP contribution >= 0.6 is 15.9 Å². The van der Waals surface area contributed by atoms with Gasteiger partial charge in [0.05, 0.1) is 0 Å². The zero-order valence-corrected chi connectivity index (χ0v) is 14.5. The first-order chi connectivity index (χ1) is 10.4. The van der Waals surface area contributed by atoms with Gasteiger partial charge in [-0.15, -0.1) is 0 Å². The minimum absolute atomic E-state index is 0.109. The van der Waals surface area contributed by atoms with Crippen molar-refractivity contribution in [3.05, 3.63) is 64.8 Å². The van der Waals surface area contributed by atoms with Crippen LogP contribution in [0.1, 0.15) is 26.5 Å². The van der Waals surface area contributed by atoms with Crippen LogP contribution in [0.2, 0.25) is 0 Å². The first-order valence-electron chi connectivity index (χ1n) is 7.28. The van der Waals surface area contributed by atoms with E-state index in [0.29, 0.717) is 5.89 Å². The highest BCUT2D eigenvalue weighted by Crippen LogP contribution is 2.36. The fraction of sp³-hybridized carbons (Fsp3) is 0.211. The third-order valence-corrected chi connectivity index (χ3v) is 3.98. The van der Waals surface area contributed by atoms with Crippen molar-refractivity contribution in [3.63, 3.8) is 0 Å². The molecule has 0 spiro atoms. The van der Waals surface area contributed by atoms with Crippen molar-refractivity contribution in [1.29, 1.82) is 0 Å². The van der Waals surface area contributed by atoms with Gasteiger partial charge in [-0.25, -0.2) is 4.98 Å². The van der Waals surface area contributed by atoms with Gasteiger partial charge in [-0.05, 0) is 24.3 Å². The normalized spacial score (nSPS) is 11.6. The van der Waals surface area contributed by atoms with Crippen LogP contribution in [0.25, 0.3) is 22.7 Å². The molecular weight excluding hydrogens is 338 g/mol. The lowest BCUT2D eigenvalue weighted by Gasteiger charge is -2.16. The minimum Gasteiger partial charge on any atom is -0.440 e. The maximum atomic E-state index is 6.13. The second kappa shape index (κ2) is 5.73. The topological polar surface area (TPSA) is 26.0 Å². The largest absolute Gasteiger partial charge is 0.440 e. The van der Waals surface area contributed by atoms with E-state index in [9.17, 15) is 0 Å². The Hall–Kier alpha value is -1.87. The van der Waals surface area contributed by atoms with E-state index in [2.05, 4.69) is 48.8 Å². The summed E-state index contributed by atoms with van der Waals surface area (Å²) >= 11 is 3.47. The molecule has 2 nitrogen and oxygen atoms in total. The second-order valence-electron chi connectivity index (χ2n) is 6.32. The van der Waals surface area contributed by atoms with Crippen molar-refractivity contribution in [2.75, 3.05) is 0 Å². The van der Waals surface area contributed by atoms with Gasteiger partial charge in [-0.3, -0.25) is 0 Å². The van der Waals surface area contributed by atoms with E-state index in [-0.39, 0.29) is 5.41 Å². The van der Waals surface area contributed by atoms with Gasteiger partial charge in [-0.2, -0.15) is 0 Å². The van der Waals surface area contributed by atoms with Gasteiger partial charge >= 0.3 is 0 Å². The lowest BCUT2D eigenvalue weighted by Crippen LogP contribution is -2.11. The first-order valence-corrected chi connectivity index (χ1v) is 8.07. The molecule has 0 unspecified atom stereocenters. The van der Waals surface area contributed by atoms with Gasteiger partial charge in [-0.1, -0.05) is 67.0 Å². The van der Waals surface area contributed by atoms with Crippen LogP contribution in [0, 0.1) is 0 Å². The van der Waals surface area contributed by atoms with Crippen LogP contribution in [0.15, 0.2) is 63.5 Å². The molecule has 3 rings (SSSR count). The second-order valence-corrected chi connectivity index (χ2v) is 7.24. The van der Waals surface area contributed by atoms with Gasteiger partial charge in [0.1, 0.15) is 11.5 Å². The molecule has 22 heavy (non-hydrogen) atoms. The molecule has 0 aliphatic carbocycles. The van der Waals surface area contributed by atoms with Crippen molar-refractivity contribution in [2.45, 2.75) is 26.2 Å². The Morgan fingerprint density at radius 1 is 0.864 bits per heavy atom. The Morgan fingerprint density at radius 2 is 1.50 bits per heavy atom. The molecule has 0 atom stereocenters. The molecule has 3 aromatic rings. The predicted octanol–water partition coefficient (Wildman–Crippen LogP) is 6.07. The van der Waals surface area contributed by atoms with E-state index < -0.39 is 0 Å². The Kier molecular flexibility index (Phi) is 3.92. The molecule has 3 heteroatoms. The number of oxazole rings is 1. The summed E-state index contributed by atoms with van der Waals surface area (Å²) in [5.74, 6) is 1.58. The number of halogens is 1. The highest BCUT2D eigenvalue weighted by molar-refractivity contribution is 9.10. The Morgan fingerprint density at radius 3 is 2.09 bits per heavy atom. The van der Waals surface area contributed by atoms with Crippen LogP contribution in [0.4, 0.5) is 0 Å². The molecule has 0 saturated heterocycles. The molecule has 0 radical (unpaired) electrons. The van der Waals surface area contributed by atoms with E-state index in [0.717, 1.165) is 27.1 Å². The Labute approximate surface area is 139 Å². The zero-order chi connectivity index (χ0) is 15.7. The summed E-state index contributed by atoms with van der Waals surface area (Å²) in [6, 6.07) is 18.2. The monoisotopic (exact) mass is 355 g/mol. The van der Waals surface area contributed by atoms with Gasteiger partial charge in [0, 0.05) is 21.0 Å². The number of benzene rings is 2. The van der Waals surface area contributed by atoms with E-state index in [1.807, 2.05) is 42.5 Å². The number of rotatable bonds is 2. The van der Waals surface area contributed by atoms with Crippen LogP contribution in [-0.2, 0) is 5.41 Å². The fourth-order valence-electron chi connectivity index (χ4n) is 2.34. The van der Waals surface area contributed by atoms with E-state index in [4.69, 9.17) is 9.40 Å². The molecular formula is C19H18BrNO. The third-order valence-electron chi connectivity index (χ3n) is 3.45. The lowest BCUT2D eigenvalue weighted by molar-refractivity contribution is 0.417. The molecule has 2 aromatic carbocycles. The number of hydrogen-bond donors (Lipinski definition) is 0. The number of nitrogens with zero attached hydrogens (tertiary/aromatic N) is 1. The predicted molar refractivity (Wildman–Crippen MR) is 93.8 cm³/mol. The van der Waals surface area contributed by atoms with E-state index >= 15 is 0 Å². The first kappa shape index (κ1) is 15.0. The molecule has 0 bridgehead atoms. The van der Waals surface area contributed by atoms with Crippen molar-refractivity contribution >= 4 is 15.9 Å². The van der Waals surface area contributed by atoms with Crippen LogP contribution in [0.3, 0.4) is 0 Å². The minimum atomic E-state index is -0.109. The SMILES string of the molecule is CC(C)(C)c1oc(-c2ccccc2)nc1-c1ccc(Br)cc1. The highest BCUT2D eigenvalue weighted by Gasteiger charge is 2.26. The quantitative estimate of drug-likeness (QED) is 0.557. The van der Waals surface area contributed by atoms with E-state index in [1.54, 1.807) is 0 Å². The van der Waals surface area contributed by atoms with Crippen molar-refractivity contribution in [2.24, 2.45) is 0 Å². The third kappa shape index (κ3) is 3.00. The Balaban J connectivity index is 2.16. The summed E-state index contributed by atoms with van der Waals surface area (Å²) in [6.45, 7) is 6.43. The van der Waals surface area contributed by atoms with Crippen molar-refractivity contribution in [1.82, 2.24) is 4.98 Å².